The molecule has 2 heterocycles. The van der Waals surface area contributed by atoms with E-state index in [1.165, 1.54) is 17.0 Å². The lowest BCUT2D eigenvalue weighted by Crippen LogP contribution is -2.33. The first-order valence-corrected chi connectivity index (χ1v) is 7.55. The molecule has 3 nitrogen and oxygen atoms in total. The monoisotopic (exact) mass is 277 g/mol. The first kappa shape index (κ1) is 12.6. The first-order chi connectivity index (χ1) is 10.3. The van der Waals surface area contributed by atoms with Gasteiger partial charge in [0, 0.05) is 29.7 Å². The molecule has 1 aromatic rings. The van der Waals surface area contributed by atoms with Crippen LogP contribution in [0.1, 0.15) is 13.3 Å². The minimum atomic E-state index is 0.323. The van der Waals surface area contributed by atoms with Crippen LogP contribution in [0.2, 0.25) is 0 Å². The average Bonchev–Trinajstić information content (AvgIpc) is 2.67. The number of anilines is 1. The van der Waals surface area contributed by atoms with Gasteiger partial charge in [0.05, 0.1) is 12.2 Å². The molecule has 1 N–H and O–H groups in total. The summed E-state index contributed by atoms with van der Waals surface area (Å²) in [7, 11) is 0. The zero-order valence-electron chi connectivity index (χ0n) is 12.1. The summed E-state index contributed by atoms with van der Waals surface area (Å²) >= 11 is 0. The van der Waals surface area contributed by atoms with Gasteiger partial charge in [0.15, 0.2) is 0 Å². The van der Waals surface area contributed by atoms with Gasteiger partial charge in [-0.25, -0.2) is 0 Å². The summed E-state index contributed by atoms with van der Waals surface area (Å²) in [5, 5.41) is 3.71. The number of hydrogen-bond donors (Lipinski definition) is 1. The fourth-order valence-corrected chi connectivity index (χ4v) is 3.52. The highest BCUT2D eigenvalue weighted by molar-refractivity contribution is 5.75. The topological polar surface area (TPSA) is 27.6 Å². The molecule has 1 saturated heterocycles. The second-order valence-corrected chi connectivity index (χ2v) is 5.82. The summed E-state index contributed by atoms with van der Waals surface area (Å²) in [5.74, 6) is 0.469. The zero-order chi connectivity index (χ0) is 14.2. The highest BCUT2D eigenvalue weighted by atomic mass is 15.4. The van der Waals surface area contributed by atoms with Gasteiger partial charge in [-0.05, 0) is 43.2 Å². The fourth-order valence-electron chi connectivity index (χ4n) is 3.52. The second-order valence-electron chi connectivity index (χ2n) is 5.82. The van der Waals surface area contributed by atoms with Crippen LogP contribution in [0.4, 0.5) is 5.69 Å². The van der Waals surface area contributed by atoms with Crippen LogP contribution in [-0.4, -0.2) is 18.4 Å². The summed E-state index contributed by atoms with van der Waals surface area (Å²) in [6.07, 6.45) is 11.9. The number of allylic oxidation sites excluding steroid dienone is 4. The van der Waals surface area contributed by atoms with Crippen molar-refractivity contribution in [1.82, 2.24) is 5.32 Å². The molecule has 3 aliphatic rings. The smallest absolute Gasteiger partial charge is 0.0819 e. The lowest BCUT2D eigenvalue weighted by atomic mass is 9.85. The van der Waals surface area contributed by atoms with Gasteiger partial charge >= 0.3 is 0 Å². The molecule has 1 aromatic carbocycles. The van der Waals surface area contributed by atoms with Crippen LogP contribution in [-0.2, 0) is 0 Å². The number of nitrogens with one attached hydrogen (secondary N) is 1. The van der Waals surface area contributed by atoms with E-state index in [0.717, 1.165) is 6.42 Å². The predicted octanol–water partition coefficient (Wildman–Crippen LogP) is 3.24. The third-order valence-electron chi connectivity index (χ3n) is 4.49. The Morgan fingerprint density at radius 1 is 1.24 bits per heavy atom. The van der Waals surface area contributed by atoms with Crippen LogP contribution in [0.5, 0.6) is 0 Å². The molecule has 3 heteroatoms. The van der Waals surface area contributed by atoms with Crippen molar-refractivity contribution in [1.29, 1.82) is 0 Å². The SMILES string of the molecule is CC1NC2CC3C=CN=CC=C3C=C2N1c1ccccc1. The van der Waals surface area contributed by atoms with E-state index in [0.29, 0.717) is 18.1 Å². The van der Waals surface area contributed by atoms with Gasteiger partial charge in [-0.2, -0.15) is 0 Å². The summed E-state index contributed by atoms with van der Waals surface area (Å²) in [4.78, 5) is 6.65. The highest BCUT2D eigenvalue weighted by Crippen LogP contribution is 2.38. The van der Waals surface area contributed by atoms with Crippen LogP contribution in [0.25, 0.3) is 0 Å². The Kier molecular flexibility index (Phi) is 3.00. The lowest BCUT2D eigenvalue weighted by molar-refractivity contribution is 0.505. The molecule has 3 atom stereocenters. The van der Waals surface area contributed by atoms with Gasteiger partial charge in [-0.15, -0.1) is 0 Å². The summed E-state index contributed by atoms with van der Waals surface area (Å²) < 4.78 is 0. The molecule has 0 aromatic heterocycles. The molecule has 1 fully saturated rings. The van der Waals surface area contributed by atoms with Gasteiger partial charge in [-0.1, -0.05) is 24.3 Å². The Bertz CT molecular complexity index is 654. The molecule has 0 bridgehead atoms. The van der Waals surface area contributed by atoms with E-state index in [4.69, 9.17) is 0 Å². The molecule has 0 saturated carbocycles. The maximum Gasteiger partial charge on any atom is 0.0819 e. The van der Waals surface area contributed by atoms with E-state index < -0.39 is 0 Å². The largest absolute Gasteiger partial charge is 0.328 e. The van der Waals surface area contributed by atoms with Gasteiger partial charge < -0.3 is 4.90 Å². The van der Waals surface area contributed by atoms with Gasteiger partial charge in [-0.3, -0.25) is 10.3 Å². The normalized spacial score (nSPS) is 30.3. The van der Waals surface area contributed by atoms with Crippen LogP contribution in [0.15, 0.2) is 71.0 Å². The zero-order valence-corrected chi connectivity index (χ0v) is 12.1. The quantitative estimate of drug-likeness (QED) is 0.853. The Labute approximate surface area is 125 Å². The maximum atomic E-state index is 4.24. The van der Waals surface area contributed by atoms with Crippen LogP contribution >= 0.6 is 0 Å². The summed E-state index contributed by atoms with van der Waals surface area (Å²) in [6.45, 7) is 2.23. The Hall–Kier alpha value is -2.13. The number of para-hydroxylation sites is 1. The van der Waals surface area contributed by atoms with Crippen molar-refractivity contribution < 1.29 is 0 Å². The van der Waals surface area contributed by atoms with Crippen molar-refractivity contribution in [2.75, 3.05) is 4.90 Å². The molecule has 3 unspecified atom stereocenters. The average molecular weight is 277 g/mol. The Morgan fingerprint density at radius 2 is 2.10 bits per heavy atom. The Morgan fingerprint density at radius 3 is 2.95 bits per heavy atom. The van der Waals surface area contributed by atoms with Gasteiger partial charge in [0.25, 0.3) is 0 Å². The molecule has 0 spiro atoms. The summed E-state index contributed by atoms with van der Waals surface area (Å²) in [5.41, 5.74) is 3.98. The minimum Gasteiger partial charge on any atom is -0.328 e. The first-order valence-electron chi connectivity index (χ1n) is 7.55. The van der Waals surface area contributed by atoms with E-state index in [9.17, 15) is 0 Å². The van der Waals surface area contributed by atoms with Crippen LogP contribution in [0, 0.1) is 5.92 Å². The van der Waals surface area contributed by atoms with Crippen LogP contribution in [0.3, 0.4) is 0 Å². The van der Waals surface area contributed by atoms with E-state index in [1.54, 1.807) is 0 Å². The van der Waals surface area contributed by atoms with Crippen molar-refractivity contribution in [2.45, 2.75) is 25.6 Å². The fraction of sp³-hybridized carbons (Fsp3) is 0.278. The molecule has 1 aliphatic carbocycles. The molecule has 0 radical (unpaired) electrons. The van der Waals surface area contributed by atoms with Crippen molar-refractivity contribution >= 4 is 11.9 Å². The summed E-state index contributed by atoms with van der Waals surface area (Å²) in [6, 6.07) is 11.0. The Balaban J connectivity index is 1.76. The van der Waals surface area contributed by atoms with Crippen molar-refractivity contribution in [2.24, 2.45) is 10.9 Å². The minimum absolute atomic E-state index is 0.323. The molecule has 4 rings (SSSR count). The number of fused-ring (bicyclic) bond motifs is 2. The predicted molar refractivity (Wildman–Crippen MR) is 87.2 cm³/mol. The lowest BCUT2D eigenvalue weighted by Gasteiger charge is -2.29. The maximum absolute atomic E-state index is 4.24. The third-order valence-corrected chi connectivity index (χ3v) is 4.49. The molecule has 2 aliphatic heterocycles. The molecular formula is C18H19N3. The van der Waals surface area contributed by atoms with E-state index in [-0.39, 0.29) is 0 Å². The highest BCUT2D eigenvalue weighted by Gasteiger charge is 2.38. The van der Waals surface area contributed by atoms with Gasteiger partial charge in [0.1, 0.15) is 0 Å². The van der Waals surface area contributed by atoms with Crippen molar-refractivity contribution in [3.05, 3.63) is 66.0 Å². The standard InChI is InChI=1S/C18H19N3/c1-13-20-17-11-14-7-9-19-10-8-15(14)12-18(17)21(13)16-5-3-2-4-6-16/h2-10,12-14,17,20H,11H2,1H3. The molecule has 0 amide bonds. The number of benzene rings is 1. The van der Waals surface area contributed by atoms with Crippen molar-refractivity contribution in [3.8, 4) is 0 Å². The number of nitrogens with zero attached hydrogens (tertiary/aromatic N) is 2. The second kappa shape index (κ2) is 5.01. The molecule has 21 heavy (non-hydrogen) atoms. The van der Waals surface area contributed by atoms with E-state index in [2.05, 4.69) is 70.7 Å². The number of rotatable bonds is 1. The van der Waals surface area contributed by atoms with Crippen molar-refractivity contribution in [3.63, 3.8) is 0 Å². The molecular weight excluding hydrogens is 258 g/mol. The van der Waals surface area contributed by atoms with E-state index in [1.807, 2.05) is 12.4 Å². The van der Waals surface area contributed by atoms with Gasteiger partial charge in [0.2, 0.25) is 0 Å². The van der Waals surface area contributed by atoms with Crippen LogP contribution < -0.4 is 10.2 Å². The number of aliphatic imine (C=N–C) groups is 1. The van der Waals surface area contributed by atoms with E-state index >= 15 is 0 Å². The molecule has 106 valence electrons. The third kappa shape index (κ3) is 2.14. The number of hydrogen-bond acceptors (Lipinski definition) is 3.